The van der Waals surface area contributed by atoms with Crippen LogP contribution in [0.5, 0.6) is 0 Å². The number of aryl methyl sites for hydroxylation is 2. The lowest BCUT2D eigenvalue weighted by molar-refractivity contribution is 0.0952. The lowest BCUT2D eigenvalue weighted by Crippen LogP contribution is -2.24. The number of anilines is 1. The number of amides is 1. The molecule has 2 aromatic rings. The highest BCUT2D eigenvalue weighted by molar-refractivity contribution is 5.99. The van der Waals surface area contributed by atoms with Crippen molar-refractivity contribution in [2.75, 3.05) is 5.73 Å². The van der Waals surface area contributed by atoms with E-state index in [0.29, 0.717) is 17.8 Å². The standard InChI is InChI=1S/C14H18N4O/c1-9-4-5-12(13(15)6-9)14(19)16-7-11-8-17-18(3)10(11)2/h4-6,8H,7,15H2,1-3H3,(H,16,19). The van der Waals surface area contributed by atoms with Crippen LogP contribution in [0.4, 0.5) is 5.69 Å². The summed E-state index contributed by atoms with van der Waals surface area (Å²) in [5, 5.41) is 6.99. The molecule has 1 aromatic carbocycles. The fourth-order valence-electron chi connectivity index (χ4n) is 1.88. The first-order valence-electron chi connectivity index (χ1n) is 6.11. The molecule has 1 aromatic heterocycles. The normalized spacial score (nSPS) is 10.5. The van der Waals surface area contributed by atoms with Crippen LogP contribution in [0.25, 0.3) is 0 Å². The molecule has 3 N–H and O–H groups in total. The second-order valence-electron chi connectivity index (χ2n) is 4.65. The highest BCUT2D eigenvalue weighted by Gasteiger charge is 2.10. The molecule has 0 saturated heterocycles. The molecular formula is C14H18N4O. The van der Waals surface area contributed by atoms with Gasteiger partial charge in [0, 0.05) is 30.5 Å². The summed E-state index contributed by atoms with van der Waals surface area (Å²) in [7, 11) is 1.87. The predicted octanol–water partition coefficient (Wildman–Crippen LogP) is 1.55. The molecule has 0 aliphatic rings. The first-order valence-corrected chi connectivity index (χ1v) is 6.11. The van der Waals surface area contributed by atoms with Crippen LogP contribution in [-0.4, -0.2) is 15.7 Å². The van der Waals surface area contributed by atoms with Gasteiger partial charge in [0.05, 0.1) is 11.8 Å². The molecule has 5 heteroatoms. The van der Waals surface area contributed by atoms with E-state index in [1.165, 1.54) is 0 Å². The van der Waals surface area contributed by atoms with Gasteiger partial charge >= 0.3 is 0 Å². The van der Waals surface area contributed by atoms with E-state index in [2.05, 4.69) is 10.4 Å². The SMILES string of the molecule is Cc1ccc(C(=O)NCc2cnn(C)c2C)c(N)c1. The molecule has 0 fully saturated rings. The number of benzene rings is 1. The minimum Gasteiger partial charge on any atom is -0.398 e. The summed E-state index contributed by atoms with van der Waals surface area (Å²) in [5.41, 5.74) is 9.93. The molecule has 0 unspecified atom stereocenters. The second kappa shape index (κ2) is 5.14. The van der Waals surface area contributed by atoms with Crippen molar-refractivity contribution in [1.82, 2.24) is 15.1 Å². The summed E-state index contributed by atoms with van der Waals surface area (Å²) in [6, 6.07) is 5.42. The van der Waals surface area contributed by atoms with Gasteiger partial charge in [-0.1, -0.05) is 6.07 Å². The molecule has 0 aliphatic heterocycles. The summed E-state index contributed by atoms with van der Waals surface area (Å²) >= 11 is 0. The Labute approximate surface area is 112 Å². The molecule has 0 saturated carbocycles. The number of carbonyl (C=O) groups excluding carboxylic acids is 1. The summed E-state index contributed by atoms with van der Waals surface area (Å²) < 4.78 is 1.78. The van der Waals surface area contributed by atoms with E-state index in [-0.39, 0.29) is 5.91 Å². The number of aromatic nitrogens is 2. The Morgan fingerprint density at radius 1 is 1.42 bits per heavy atom. The number of hydrogen-bond acceptors (Lipinski definition) is 3. The van der Waals surface area contributed by atoms with Crippen LogP contribution in [0.1, 0.15) is 27.2 Å². The van der Waals surface area contributed by atoms with Crippen molar-refractivity contribution in [2.45, 2.75) is 20.4 Å². The fourth-order valence-corrected chi connectivity index (χ4v) is 1.88. The third kappa shape index (κ3) is 2.76. The Hall–Kier alpha value is -2.30. The largest absolute Gasteiger partial charge is 0.398 e. The van der Waals surface area contributed by atoms with E-state index in [1.807, 2.05) is 27.0 Å². The zero-order chi connectivity index (χ0) is 14.0. The Balaban J connectivity index is 2.07. The number of nitrogens with zero attached hydrogens (tertiary/aromatic N) is 2. The van der Waals surface area contributed by atoms with Crippen molar-refractivity contribution >= 4 is 11.6 Å². The highest BCUT2D eigenvalue weighted by Crippen LogP contribution is 2.14. The number of nitrogen functional groups attached to an aromatic ring is 1. The Bertz CT molecular complexity index is 616. The van der Waals surface area contributed by atoms with E-state index in [9.17, 15) is 4.79 Å². The Morgan fingerprint density at radius 3 is 2.74 bits per heavy atom. The van der Waals surface area contributed by atoms with Crippen molar-refractivity contribution in [2.24, 2.45) is 7.05 Å². The molecular weight excluding hydrogens is 240 g/mol. The minimum absolute atomic E-state index is 0.166. The Kier molecular flexibility index (Phi) is 3.55. The molecule has 0 aliphatic carbocycles. The van der Waals surface area contributed by atoms with Gasteiger partial charge in [0.2, 0.25) is 0 Å². The topological polar surface area (TPSA) is 72.9 Å². The zero-order valence-electron chi connectivity index (χ0n) is 11.4. The first kappa shape index (κ1) is 13.1. The van der Waals surface area contributed by atoms with Crippen LogP contribution in [0.3, 0.4) is 0 Å². The van der Waals surface area contributed by atoms with Gasteiger partial charge in [-0.05, 0) is 31.5 Å². The van der Waals surface area contributed by atoms with Gasteiger partial charge in [-0.15, -0.1) is 0 Å². The molecule has 100 valence electrons. The molecule has 0 radical (unpaired) electrons. The van der Waals surface area contributed by atoms with E-state index in [4.69, 9.17) is 5.73 Å². The van der Waals surface area contributed by atoms with Crippen LogP contribution in [0.15, 0.2) is 24.4 Å². The molecule has 19 heavy (non-hydrogen) atoms. The molecule has 2 rings (SSSR count). The van der Waals surface area contributed by atoms with E-state index in [1.54, 1.807) is 23.0 Å². The van der Waals surface area contributed by atoms with E-state index >= 15 is 0 Å². The lowest BCUT2D eigenvalue weighted by atomic mass is 10.1. The number of hydrogen-bond donors (Lipinski definition) is 2. The van der Waals surface area contributed by atoms with Crippen LogP contribution >= 0.6 is 0 Å². The highest BCUT2D eigenvalue weighted by atomic mass is 16.1. The first-order chi connectivity index (χ1) is 8.99. The van der Waals surface area contributed by atoms with E-state index < -0.39 is 0 Å². The molecule has 0 atom stereocenters. The van der Waals surface area contributed by atoms with E-state index in [0.717, 1.165) is 16.8 Å². The molecule has 0 bridgehead atoms. The second-order valence-corrected chi connectivity index (χ2v) is 4.65. The average molecular weight is 258 g/mol. The van der Waals surface area contributed by atoms with Crippen molar-refractivity contribution in [1.29, 1.82) is 0 Å². The Morgan fingerprint density at radius 2 is 2.16 bits per heavy atom. The van der Waals surface area contributed by atoms with Crippen LogP contribution in [-0.2, 0) is 13.6 Å². The summed E-state index contributed by atoms with van der Waals surface area (Å²) in [5.74, 6) is -0.166. The summed E-state index contributed by atoms with van der Waals surface area (Å²) in [6.07, 6.45) is 1.76. The maximum atomic E-state index is 12.0. The smallest absolute Gasteiger partial charge is 0.253 e. The molecule has 1 heterocycles. The van der Waals surface area contributed by atoms with Crippen molar-refractivity contribution in [3.8, 4) is 0 Å². The van der Waals surface area contributed by atoms with Gasteiger partial charge in [-0.2, -0.15) is 5.10 Å². The predicted molar refractivity (Wildman–Crippen MR) is 74.7 cm³/mol. The lowest BCUT2D eigenvalue weighted by Gasteiger charge is -2.08. The third-order valence-corrected chi connectivity index (χ3v) is 3.23. The monoisotopic (exact) mass is 258 g/mol. The average Bonchev–Trinajstić information content (AvgIpc) is 2.67. The third-order valence-electron chi connectivity index (χ3n) is 3.23. The quantitative estimate of drug-likeness (QED) is 0.820. The van der Waals surface area contributed by atoms with Crippen LogP contribution in [0, 0.1) is 13.8 Å². The van der Waals surface area contributed by atoms with Crippen molar-refractivity contribution in [3.05, 3.63) is 46.8 Å². The van der Waals surface area contributed by atoms with Gasteiger partial charge in [-0.3, -0.25) is 9.48 Å². The van der Waals surface area contributed by atoms with Crippen LogP contribution in [0.2, 0.25) is 0 Å². The maximum absolute atomic E-state index is 12.0. The van der Waals surface area contributed by atoms with Gasteiger partial charge in [0.15, 0.2) is 0 Å². The molecule has 5 nitrogen and oxygen atoms in total. The van der Waals surface area contributed by atoms with Crippen molar-refractivity contribution < 1.29 is 4.79 Å². The van der Waals surface area contributed by atoms with Crippen molar-refractivity contribution in [3.63, 3.8) is 0 Å². The number of nitrogens with one attached hydrogen (secondary N) is 1. The van der Waals surface area contributed by atoms with Gasteiger partial charge in [-0.25, -0.2) is 0 Å². The van der Waals surface area contributed by atoms with Gasteiger partial charge in [0.25, 0.3) is 5.91 Å². The zero-order valence-corrected chi connectivity index (χ0v) is 11.4. The minimum atomic E-state index is -0.166. The molecule has 1 amide bonds. The maximum Gasteiger partial charge on any atom is 0.253 e. The van der Waals surface area contributed by atoms with Gasteiger partial charge < -0.3 is 11.1 Å². The van der Waals surface area contributed by atoms with Gasteiger partial charge in [0.1, 0.15) is 0 Å². The number of rotatable bonds is 3. The van der Waals surface area contributed by atoms with Crippen LogP contribution < -0.4 is 11.1 Å². The summed E-state index contributed by atoms with van der Waals surface area (Å²) in [4.78, 5) is 12.0. The molecule has 0 spiro atoms. The number of carbonyl (C=O) groups is 1. The number of nitrogens with two attached hydrogens (primary N) is 1. The fraction of sp³-hybridized carbons (Fsp3) is 0.286. The summed E-state index contributed by atoms with van der Waals surface area (Å²) in [6.45, 7) is 4.36.